The molecule has 0 saturated carbocycles. The molecule has 1 N–H and O–H groups in total. The van der Waals surface area contributed by atoms with E-state index in [2.05, 4.69) is 9.88 Å². The van der Waals surface area contributed by atoms with Crippen molar-refractivity contribution in [2.75, 3.05) is 27.2 Å². The van der Waals surface area contributed by atoms with Crippen molar-refractivity contribution in [1.29, 1.82) is 0 Å². The summed E-state index contributed by atoms with van der Waals surface area (Å²) in [5.74, 6) is 0.316. The Morgan fingerprint density at radius 2 is 2.03 bits per heavy atom. The van der Waals surface area contributed by atoms with Crippen LogP contribution in [0.1, 0.15) is 52.0 Å². The fraction of sp³-hybridized carbons (Fsp3) is 0.583. The van der Waals surface area contributed by atoms with Crippen LogP contribution in [0, 0.1) is 0 Å². The summed E-state index contributed by atoms with van der Waals surface area (Å²) in [4.78, 5) is 32.2. The molecule has 1 saturated heterocycles. The zero-order valence-electron chi connectivity index (χ0n) is 19.4. The number of hydrogen-bond acceptors (Lipinski definition) is 5. The number of hydrogen-bond donors (Lipinski definition) is 1. The van der Waals surface area contributed by atoms with E-state index in [1.807, 2.05) is 59.3 Å². The number of aromatic nitrogens is 1. The number of likely N-dealkylation sites (N-methyl/N-ethyl adjacent to an activating group) is 1. The zero-order valence-corrected chi connectivity index (χ0v) is 19.4. The fourth-order valence-corrected chi connectivity index (χ4v) is 4.00. The molecule has 7 heteroatoms. The zero-order chi connectivity index (χ0) is 22.6. The Labute approximate surface area is 184 Å². The second-order valence-corrected chi connectivity index (χ2v) is 9.53. The van der Waals surface area contributed by atoms with E-state index in [4.69, 9.17) is 9.47 Å². The van der Waals surface area contributed by atoms with Gasteiger partial charge in [0.25, 0.3) is 0 Å². The van der Waals surface area contributed by atoms with E-state index in [1.54, 1.807) is 4.90 Å². The lowest BCUT2D eigenvalue weighted by molar-refractivity contribution is -0.134. The summed E-state index contributed by atoms with van der Waals surface area (Å²) >= 11 is 0. The van der Waals surface area contributed by atoms with E-state index < -0.39 is 5.60 Å². The third-order valence-electron chi connectivity index (χ3n) is 5.49. The van der Waals surface area contributed by atoms with Crippen molar-refractivity contribution >= 4 is 23.0 Å². The Hall–Kier alpha value is -2.54. The number of ether oxygens (including phenoxy) is 2. The molecular formula is C24H35N3O4. The lowest BCUT2D eigenvalue weighted by Gasteiger charge is -2.28. The summed E-state index contributed by atoms with van der Waals surface area (Å²) in [7, 11) is 4.08. The fourth-order valence-electron chi connectivity index (χ4n) is 4.00. The second-order valence-electron chi connectivity index (χ2n) is 9.53. The van der Waals surface area contributed by atoms with Gasteiger partial charge in [-0.1, -0.05) is 6.07 Å². The van der Waals surface area contributed by atoms with E-state index in [1.165, 1.54) is 0 Å². The number of likely N-dealkylation sites (tertiary alicyclic amines) is 1. The summed E-state index contributed by atoms with van der Waals surface area (Å²) in [6, 6.07) is 5.73. The van der Waals surface area contributed by atoms with Crippen LogP contribution in [0.3, 0.4) is 0 Å². The molecule has 2 heterocycles. The average Bonchev–Trinajstić information content (AvgIpc) is 3.31. The minimum atomic E-state index is -0.525. The van der Waals surface area contributed by atoms with Crippen LogP contribution in [0.15, 0.2) is 24.4 Å². The third-order valence-corrected chi connectivity index (χ3v) is 5.49. The second kappa shape index (κ2) is 9.73. The highest BCUT2D eigenvalue weighted by Gasteiger charge is 2.32. The molecular weight excluding hydrogens is 394 g/mol. The van der Waals surface area contributed by atoms with Crippen LogP contribution >= 0.6 is 0 Å². The first-order valence-electron chi connectivity index (χ1n) is 11.1. The van der Waals surface area contributed by atoms with Crippen molar-refractivity contribution in [1.82, 2.24) is 14.8 Å². The predicted octanol–water partition coefficient (Wildman–Crippen LogP) is 4.36. The third kappa shape index (κ3) is 6.23. The molecule has 0 bridgehead atoms. The summed E-state index contributed by atoms with van der Waals surface area (Å²) in [5, 5.41) is 0.967. The molecule has 1 aromatic heterocycles. The molecule has 1 amide bonds. The topological polar surface area (TPSA) is 74.9 Å². The minimum absolute atomic E-state index is 0.0149. The van der Waals surface area contributed by atoms with Crippen molar-refractivity contribution in [2.24, 2.45) is 0 Å². The molecule has 0 aliphatic carbocycles. The number of esters is 1. The lowest BCUT2D eigenvalue weighted by Crippen LogP contribution is -2.40. The van der Waals surface area contributed by atoms with Crippen LogP contribution in [0.4, 0.5) is 4.79 Å². The van der Waals surface area contributed by atoms with Crippen LogP contribution in [0.2, 0.25) is 0 Å². The Morgan fingerprint density at radius 1 is 1.26 bits per heavy atom. The molecule has 0 spiro atoms. The van der Waals surface area contributed by atoms with Crippen LogP contribution in [0.5, 0.6) is 5.75 Å². The number of aromatic amines is 1. The summed E-state index contributed by atoms with van der Waals surface area (Å²) in [6.07, 6.45) is 5.21. The van der Waals surface area contributed by atoms with Crippen molar-refractivity contribution in [2.45, 2.75) is 64.5 Å². The highest BCUT2D eigenvalue weighted by molar-refractivity contribution is 5.91. The van der Waals surface area contributed by atoms with Gasteiger partial charge in [0.15, 0.2) is 0 Å². The van der Waals surface area contributed by atoms with Crippen LogP contribution in [0.25, 0.3) is 10.9 Å². The van der Waals surface area contributed by atoms with E-state index >= 15 is 0 Å². The maximum Gasteiger partial charge on any atom is 0.410 e. The van der Waals surface area contributed by atoms with Gasteiger partial charge in [-0.3, -0.25) is 4.79 Å². The van der Waals surface area contributed by atoms with Gasteiger partial charge in [0.1, 0.15) is 11.4 Å². The Balaban J connectivity index is 1.61. The predicted molar refractivity (Wildman–Crippen MR) is 121 cm³/mol. The molecule has 31 heavy (non-hydrogen) atoms. The van der Waals surface area contributed by atoms with Gasteiger partial charge in [-0.15, -0.1) is 0 Å². The highest BCUT2D eigenvalue weighted by atomic mass is 16.6. The van der Waals surface area contributed by atoms with E-state index in [0.717, 1.165) is 42.3 Å². The molecule has 1 aliphatic rings. The maximum atomic E-state index is 12.6. The number of fused-ring (bicyclic) bond motifs is 1. The van der Waals surface area contributed by atoms with E-state index in [0.29, 0.717) is 18.7 Å². The number of nitrogens with one attached hydrogen (secondary N) is 1. The largest absolute Gasteiger partial charge is 0.444 e. The summed E-state index contributed by atoms with van der Waals surface area (Å²) in [5.41, 5.74) is 1.58. The van der Waals surface area contributed by atoms with Gasteiger partial charge in [0.2, 0.25) is 0 Å². The van der Waals surface area contributed by atoms with E-state index in [-0.39, 0.29) is 24.5 Å². The number of benzene rings is 1. The number of rotatable bonds is 7. The number of amides is 1. The number of carbonyl (C=O) groups excluding carboxylic acids is 2. The molecule has 2 aromatic rings. The molecule has 1 fully saturated rings. The van der Waals surface area contributed by atoms with Crippen molar-refractivity contribution in [3.05, 3.63) is 30.0 Å². The Bertz CT molecular complexity index is 913. The van der Waals surface area contributed by atoms with Crippen LogP contribution < -0.4 is 4.74 Å². The monoisotopic (exact) mass is 429 g/mol. The molecule has 0 unspecified atom stereocenters. The number of nitrogens with zero attached hydrogens (tertiary/aromatic N) is 2. The normalized spacial score (nSPS) is 16.8. The minimum Gasteiger partial charge on any atom is -0.444 e. The summed E-state index contributed by atoms with van der Waals surface area (Å²) < 4.78 is 11.3. The molecule has 0 radical (unpaired) electrons. The van der Waals surface area contributed by atoms with Gasteiger partial charge in [0, 0.05) is 42.7 Å². The Kier molecular flexibility index (Phi) is 7.26. The molecule has 1 atom stereocenters. The quantitative estimate of drug-likeness (QED) is 0.523. The number of carbonyl (C=O) groups is 2. The van der Waals surface area contributed by atoms with Crippen LogP contribution in [-0.4, -0.2) is 65.7 Å². The van der Waals surface area contributed by atoms with Gasteiger partial charge in [-0.05, 0) is 78.2 Å². The van der Waals surface area contributed by atoms with Gasteiger partial charge < -0.3 is 24.3 Å². The van der Waals surface area contributed by atoms with Crippen LogP contribution in [-0.2, 0) is 16.0 Å². The van der Waals surface area contributed by atoms with Crippen molar-refractivity contribution in [3.8, 4) is 5.75 Å². The SMILES string of the molecule is CN(C)CCc1c[nH]c2cccc(OC(=O)CC[C@H]3CCCN3C(=O)OC(C)(C)C)c12. The average molecular weight is 430 g/mol. The first-order chi connectivity index (χ1) is 14.6. The standard InChI is InChI=1S/C24H35N3O4/c1-24(2,3)31-23(29)27-14-7-8-18(27)11-12-21(28)30-20-10-6-9-19-22(20)17(16-25-19)13-15-26(4)5/h6,9-10,16,18,25H,7-8,11-15H2,1-5H3/t18-/m1/s1. The van der Waals surface area contributed by atoms with Gasteiger partial charge in [-0.25, -0.2) is 4.79 Å². The molecule has 1 aliphatic heterocycles. The van der Waals surface area contributed by atoms with Gasteiger partial charge >= 0.3 is 12.1 Å². The molecule has 1 aromatic carbocycles. The molecule has 7 nitrogen and oxygen atoms in total. The number of H-pyrrole nitrogens is 1. The highest BCUT2D eigenvalue weighted by Crippen LogP contribution is 2.30. The van der Waals surface area contributed by atoms with Crippen molar-refractivity contribution in [3.63, 3.8) is 0 Å². The molecule has 3 rings (SSSR count). The first kappa shape index (κ1) is 23.1. The molecule has 170 valence electrons. The smallest absolute Gasteiger partial charge is 0.410 e. The van der Waals surface area contributed by atoms with Gasteiger partial charge in [0.05, 0.1) is 0 Å². The Morgan fingerprint density at radius 3 is 2.74 bits per heavy atom. The van der Waals surface area contributed by atoms with Crippen molar-refractivity contribution < 1.29 is 19.1 Å². The van der Waals surface area contributed by atoms with E-state index in [9.17, 15) is 9.59 Å². The maximum absolute atomic E-state index is 12.6. The summed E-state index contributed by atoms with van der Waals surface area (Å²) in [6.45, 7) is 7.18. The lowest BCUT2D eigenvalue weighted by atomic mass is 10.1. The van der Waals surface area contributed by atoms with Gasteiger partial charge in [-0.2, -0.15) is 0 Å². The first-order valence-corrected chi connectivity index (χ1v) is 11.1.